The van der Waals surface area contributed by atoms with E-state index in [1.807, 2.05) is 55.6 Å². The molecule has 0 fully saturated rings. The van der Waals surface area contributed by atoms with Gasteiger partial charge in [-0.15, -0.1) is 9.96 Å². The lowest BCUT2D eigenvalue weighted by Gasteiger charge is -1.99. The van der Waals surface area contributed by atoms with E-state index in [1.54, 1.807) is 16.4 Å². The van der Waals surface area contributed by atoms with Crippen molar-refractivity contribution < 1.29 is 4.86 Å². The number of nitrogens with zero attached hydrogens (tertiary/aromatic N) is 6. The molecule has 0 radical (unpaired) electrons. The van der Waals surface area contributed by atoms with Gasteiger partial charge in [0.25, 0.3) is 0 Å². The first-order chi connectivity index (χ1) is 11.1. The smallest absolute Gasteiger partial charge is 0.381 e. The zero-order chi connectivity index (χ0) is 16.0. The average molecular weight is 306 g/mol. The maximum absolute atomic E-state index is 12.5. The highest BCUT2D eigenvalue weighted by Crippen LogP contribution is 2.28. The predicted octanol–water partition coefficient (Wildman–Crippen LogP) is 3.39. The predicted molar refractivity (Wildman–Crippen MR) is 86.8 cm³/mol. The molecule has 0 aliphatic rings. The van der Waals surface area contributed by atoms with Crippen LogP contribution in [0.3, 0.4) is 0 Å². The van der Waals surface area contributed by atoms with Gasteiger partial charge in [0.05, 0.1) is 28.6 Å². The van der Waals surface area contributed by atoms with Gasteiger partial charge < -0.3 is 5.21 Å². The van der Waals surface area contributed by atoms with Gasteiger partial charge in [0.15, 0.2) is 0 Å². The minimum atomic E-state index is 0.262. The van der Waals surface area contributed by atoms with Gasteiger partial charge in [-0.25, -0.2) is 0 Å². The Balaban J connectivity index is 1.90. The number of para-hydroxylation sites is 2. The molecule has 0 bridgehead atoms. The van der Waals surface area contributed by atoms with Crippen molar-refractivity contribution in [1.82, 2.24) is 19.6 Å². The minimum Gasteiger partial charge on any atom is -0.690 e. The third-order valence-electron chi connectivity index (χ3n) is 3.84. The van der Waals surface area contributed by atoms with Gasteiger partial charge in [0.1, 0.15) is 5.39 Å². The lowest BCUT2D eigenvalue weighted by molar-refractivity contribution is -0.438. The molecule has 4 rings (SSSR count). The molecule has 0 spiro atoms. The zero-order valence-corrected chi connectivity index (χ0v) is 12.7. The number of hydrogen-bond acceptors (Lipinski definition) is 4. The molecule has 7 nitrogen and oxygen atoms in total. The molecule has 2 aromatic carbocycles. The van der Waals surface area contributed by atoms with Crippen molar-refractivity contribution in [3.05, 3.63) is 53.7 Å². The number of fused-ring (bicyclic) bond motifs is 2. The number of azo groups is 1. The summed E-state index contributed by atoms with van der Waals surface area (Å²) in [5, 5.41) is 26.8. The fraction of sp³-hybridized carbons (Fsp3) is 0.125. The summed E-state index contributed by atoms with van der Waals surface area (Å²) in [7, 11) is 3.63. The molecule has 7 heteroatoms. The summed E-state index contributed by atoms with van der Waals surface area (Å²) in [6.45, 7) is 0. The van der Waals surface area contributed by atoms with Gasteiger partial charge in [0.2, 0.25) is 5.82 Å². The first kappa shape index (κ1) is 13.4. The van der Waals surface area contributed by atoms with E-state index in [0.717, 1.165) is 21.8 Å². The van der Waals surface area contributed by atoms with Crippen LogP contribution >= 0.6 is 0 Å². The molecule has 4 aromatic rings. The summed E-state index contributed by atoms with van der Waals surface area (Å²) in [5.41, 5.74) is 1.80. The summed E-state index contributed by atoms with van der Waals surface area (Å²) in [4.78, 5) is 0.539. The highest BCUT2D eigenvalue weighted by Gasteiger charge is 2.19. The zero-order valence-electron chi connectivity index (χ0n) is 12.7. The van der Waals surface area contributed by atoms with Crippen molar-refractivity contribution in [2.24, 2.45) is 19.2 Å². The van der Waals surface area contributed by atoms with E-state index in [0.29, 0.717) is 10.7 Å². The van der Waals surface area contributed by atoms with Gasteiger partial charge in [-0.05, 0) is 24.3 Å². The second-order valence-corrected chi connectivity index (χ2v) is 5.30. The molecule has 0 unspecified atom stereocenters. The Bertz CT molecular complexity index is 1060. The van der Waals surface area contributed by atoms with Gasteiger partial charge in [0, 0.05) is 7.05 Å². The van der Waals surface area contributed by atoms with Crippen LogP contribution < -0.4 is 0 Å². The Hall–Kier alpha value is -3.22. The molecule has 2 heterocycles. The number of benzene rings is 2. The minimum absolute atomic E-state index is 0.262. The fourth-order valence-electron chi connectivity index (χ4n) is 2.74. The van der Waals surface area contributed by atoms with Gasteiger partial charge >= 0.3 is 5.82 Å². The van der Waals surface area contributed by atoms with Crippen LogP contribution in [0.2, 0.25) is 0 Å². The molecule has 0 N–H and O–H groups in total. The van der Waals surface area contributed by atoms with Crippen LogP contribution in [-0.2, 0) is 14.1 Å². The van der Waals surface area contributed by atoms with E-state index in [2.05, 4.69) is 15.3 Å². The SMILES string of the molecule is Cn1nc(N=[N+]([O-])c2nn(C)c3ccccc23)c2ccccc21. The Labute approximate surface area is 131 Å². The second-order valence-electron chi connectivity index (χ2n) is 5.30. The molecular formula is C16H14N6O. The van der Waals surface area contributed by atoms with Gasteiger partial charge in [-0.3, -0.25) is 4.68 Å². The number of rotatable bonds is 2. The van der Waals surface area contributed by atoms with Gasteiger partial charge in [-0.1, -0.05) is 29.4 Å². The second kappa shape index (κ2) is 4.91. The number of aryl methyl sites for hydroxylation is 2. The Morgan fingerprint density at radius 2 is 1.43 bits per heavy atom. The van der Waals surface area contributed by atoms with Crippen molar-refractivity contribution in [2.75, 3.05) is 0 Å². The topological polar surface area (TPSA) is 74.1 Å². The van der Waals surface area contributed by atoms with Crippen molar-refractivity contribution in [3.8, 4) is 0 Å². The molecule has 0 aliphatic carbocycles. The van der Waals surface area contributed by atoms with E-state index < -0.39 is 0 Å². The van der Waals surface area contributed by atoms with Crippen LogP contribution in [0.4, 0.5) is 11.6 Å². The number of hydrogen-bond donors (Lipinski definition) is 0. The maximum Gasteiger partial charge on any atom is 0.381 e. The number of aromatic nitrogens is 4. The molecule has 0 saturated carbocycles. The van der Waals surface area contributed by atoms with Crippen LogP contribution in [-0.4, -0.2) is 24.4 Å². The maximum atomic E-state index is 12.5. The molecule has 0 saturated heterocycles. The van der Waals surface area contributed by atoms with Crippen LogP contribution in [0.1, 0.15) is 0 Å². The van der Waals surface area contributed by atoms with E-state index in [-0.39, 0.29) is 5.82 Å². The monoisotopic (exact) mass is 306 g/mol. The van der Waals surface area contributed by atoms with Crippen molar-refractivity contribution >= 4 is 33.4 Å². The summed E-state index contributed by atoms with van der Waals surface area (Å²) in [6, 6.07) is 15.2. The molecule has 114 valence electrons. The van der Waals surface area contributed by atoms with Crippen LogP contribution in [0.25, 0.3) is 21.8 Å². The summed E-state index contributed by atoms with van der Waals surface area (Å²) in [6.07, 6.45) is 0. The van der Waals surface area contributed by atoms with E-state index in [1.165, 1.54) is 0 Å². The summed E-state index contributed by atoms with van der Waals surface area (Å²) in [5.74, 6) is 0.644. The highest BCUT2D eigenvalue weighted by molar-refractivity contribution is 5.89. The van der Waals surface area contributed by atoms with Crippen LogP contribution in [0.5, 0.6) is 0 Å². The lowest BCUT2D eigenvalue weighted by Crippen LogP contribution is -1.95. The molecular weight excluding hydrogens is 292 g/mol. The normalized spacial score (nSPS) is 12.3. The average Bonchev–Trinajstić information content (AvgIpc) is 3.07. The van der Waals surface area contributed by atoms with E-state index >= 15 is 0 Å². The van der Waals surface area contributed by atoms with E-state index in [4.69, 9.17) is 0 Å². The molecule has 0 atom stereocenters. The largest absolute Gasteiger partial charge is 0.690 e. The third-order valence-corrected chi connectivity index (χ3v) is 3.84. The molecule has 0 amide bonds. The van der Waals surface area contributed by atoms with Crippen molar-refractivity contribution in [3.63, 3.8) is 0 Å². The van der Waals surface area contributed by atoms with Crippen LogP contribution in [0.15, 0.2) is 53.6 Å². The first-order valence-corrected chi connectivity index (χ1v) is 7.17. The Morgan fingerprint density at radius 3 is 2.17 bits per heavy atom. The summed E-state index contributed by atoms with van der Waals surface area (Å²) >= 11 is 0. The van der Waals surface area contributed by atoms with E-state index in [9.17, 15) is 5.21 Å². The van der Waals surface area contributed by atoms with Gasteiger partial charge in [-0.2, -0.15) is 4.68 Å². The quantitative estimate of drug-likeness (QED) is 0.324. The molecule has 23 heavy (non-hydrogen) atoms. The molecule has 2 aromatic heterocycles. The van der Waals surface area contributed by atoms with Crippen LogP contribution in [0, 0.1) is 5.21 Å². The Morgan fingerprint density at radius 1 is 0.870 bits per heavy atom. The fourth-order valence-corrected chi connectivity index (χ4v) is 2.74. The van der Waals surface area contributed by atoms with Crippen molar-refractivity contribution in [2.45, 2.75) is 0 Å². The highest BCUT2D eigenvalue weighted by atomic mass is 16.5. The summed E-state index contributed by atoms with van der Waals surface area (Å²) < 4.78 is 3.38. The molecule has 0 aliphatic heterocycles. The standard InChI is InChI=1S/C16H14N6O/c1-20-13-9-5-3-7-11(13)15(17-20)18-22(23)16-12-8-4-6-10-14(12)21(2)19-16/h3-10H,1-2H3. The van der Waals surface area contributed by atoms with Crippen molar-refractivity contribution in [1.29, 1.82) is 0 Å². The third kappa shape index (κ3) is 2.05. The lowest BCUT2D eigenvalue weighted by atomic mass is 10.2. The first-order valence-electron chi connectivity index (χ1n) is 7.17. The Kier molecular flexibility index (Phi) is 2.87.